The fourth-order valence-corrected chi connectivity index (χ4v) is 2.84. The number of carboxylic acids is 1. The summed E-state index contributed by atoms with van der Waals surface area (Å²) in [5, 5.41) is 12.9. The van der Waals surface area contributed by atoms with E-state index in [-0.39, 0.29) is 5.69 Å². The van der Waals surface area contributed by atoms with E-state index in [4.69, 9.17) is 21.4 Å². The molecule has 1 aromatic carbocycles. The predicted molar refractivity (Wildman–Crippen MR) is 93.0 cm³/mol. The molecule has 1 aromatic heterocycles. The lowest BCUT2D eigenvalue weighted by atomic mass is 10.1. The molecular weight excluding hydrogens is 330 g/mol. The number of ether oxygens (including phenoxy) is 1. The summed E-state index contributed by atoms with van der Waals surface area (Å²) in [5.41, 5.74) is 2.15. The van der Waals surface area contributed by atoms with Crippen LogP contribution in [0.5, 0.6) is 0 Å². The molecule has 24 heavy (non-hydrogen) atoms. The predicted octanol–water partition coefficient (Wildman–Crippen LogP) is 2.88. The van der Waals surface area contributed by atoms with Crippen molar-refractivity contribution < 1.29 is 14.6 Å². The molecule has 0 amide bonds. The van der Waals surface area contributed by atoms with Crippen LogP contribution >= 0.6 is 11.6 Å². The van der Waals surface area contributed by atoms with Crippen LogP contribution in [0.2, 0.25) is 5.02 Å². The van der Waals surface area contributed by atoms with Crippen LogP contribution < -0.4 is 10.2 Å². The number of nitrogens with one attached hydrogen (secondary N) is 1. The number of carboxylic acid groups (broad SMARTS) is 1. The van der Waals surface area contributed by atoms with E-state index >= 15 is 0 Å². The number of halogens is 1. The third kappa shape index (κ3) is 3.96. The number of rotatable bonds is 5. The lowest BCUT2D eigenvalue weighted by Crippen LogP contribution is -2.36. The second-order valence-corrected chi connectivity index (χ2v) is 5.88. The van der Waals surface area contributed by atoms with Gasteiger partial charge in [-0.2, -0.15) is 0 Å². The molecular formula is C17H18ClN3O3. The number of benzene rings is 1. The quantitative estimate of drug-likeness (QED) is 0.866. The highest BCUT2D eigenvalue weighted by molar-refractivity contribution is 6.30. The molecule has 126 valence electrons. The van der Waals surface area contributed by atoms with Crippen molar-refractivity contribution in [2.24, 2.45) is 0 Å². The van der Waals surface area contributed by atoms with Gasteiger partial charge in [0.05, 0.1) is 13.2 Å². The van der Waals surface area contributed by atoms with Gasteiger partial charge in [0.1, 0.15) is 5.82 Å². The minimum absolute atomic E-state index is 0.0134. The van der Waals surface area contributed by atoms with E-state index in [9.17, 15) is 4.79 Å². The lowest BCUT2D eigenvalue weighted by molar-refractivity contribution is 0.0690. The summed E-state index contributed by atoms with van der Waals surface area (Å²) < 4.78 is 5.40. The zero-order chi connectivity index (χ0) is 16.9. The SMILES string of the molecule is O=C(O)c1cccc(NCc2cc(Cl)ccc2N2CCOCC2)n1. The van der Waals surface area contributed by atoms with Crippen molar-refractivity contribution in [1.29, 1.82) is 0 Å². The van der Waals surface area contributed by atoms with Gasteiger partial charge in [-0.3, -0.25) is 0 Å². The van der Waals surface area contributed by atoms with E-state index < -0.39 is 5.97 Å². The molecule has 1 aliphatic heterocycles. The number of aromatic nitrogens is 1. The molecule has 3 rings (SSSR count). The molecule has 6 nitrogen and oxygen atoms in total. The largest absolute Gasteiger partial charge is 0.477 e. The Morgan fingerprint density at radius 3 is 2.83 bits per heavy atom. The number of anilines is 2. The Kier molecular flexibility index (Phi) is 5.17. The maximum Gasteiger partial charge on any atom is 0.354 e. The van der Waals surface area contributed by atoms with Crippen LogP contribution in [0.4, 0.5) is 11.5 Å². The fraction of sp³-hybridized carbons (Fsp3) is 0.294. The first-order chi connectivity index (χ1) is 11.6. The minimum atomic E-state index is -1.05. The second-order valence-electron chi connectivity index (χ2n) is 5.44. The number of hydrogen-bond acceptors (Lipinski definition) is 5. The number of morpholine rings is 1. The molecule has 2 aromatic rings. The van der Waals surface area contributed by atoms with Gasteiger partial charge in [-0.15, -0.1) is 0 Å². The molecule has 0 bridgehead atoms. The molecule has 7 heteroatoms. The van der Waals surface area contributed by atoms with Crippen LogP contribution in [0.15, 0.2) is 36.4 Å². The molecule has 0 spiro atoms. The first kappa shape index (κ1) is 16.5. The maximum atomic E-state index is 11.0. The monoisotopic (exact) mass is 347 g/mol. The molecule has 2 N–H and O–H groups in total. The number of nitrogens with zero attached hydrogens (tertiary/aromatic N) is 2. The number of aromatic carboxylic acids is 1. The first-order valence-electron chi connectivity index (χ1n) is 7.69. The molecule has 1 fully saturated rings. The van der Waals surface area contributed by atoms with Crippen LogP contribution in [-0.2, 0) is 11.3 Å². The van der Waals surface area contributed by atoms with Crippen molar-refractivity contribution in [3.8, 4) is 0 Å². The van der Waals surface area contributed by atoms with Crippen molar-refractivity contribution in [2.75, 3.05) is 36.5 Å². The Labute approximate surface area is 145 Å². The van der Waals surface area contributed by atoms with Crippen molar-refractivity contribution >= 4 is 29.1 Å². The van der Waals surface area contributed by atoms with E-state index in [1.807, 2.05) is 18.2 Å². The third-order valence-electron chi connectivity index (χ3n) is 3.82. The molecule has 2 heterocycles. The average molecular weight is 348 g/mol. The van der Waals surface area contributed by atoms with Gasteiger partial charge >= 0.3 is 5.97 Å². The van der Waals surface area contributed by atoms with Crippen molar-refractivity contribution in [3.05, 3.63) is 52.7 Å². The Hall–Kier alpha value is -2.31. The Morgan fingerprint density at radius 1 is 1.29 bits per heavy atom. The highest BCUT2D eigenvalue weighted by Gasteiger charge is 2.15. The van der Waals surface area contributed by atoms with Crippen molar-refractivity contribution in [1.82, 2.24) is 4.98 Å². The standard InChI is InChI=1S/C17H18ClN3O3/c18-13-4-5-15(21-6-8-24-9-7-21)12(10-13)11-19-16-3-1-2-14(20-16)17(22)23/h1-5,10H,6-9,11H2,(H,19,20)(H,22,23). The Bertz CT molecular complexity index is 733. The summed E-state index contributed by atoms with van der Waals surface area (Å²) in [6.07, 6.45) is 0. The fourth-order valence-electron chi connectivity index (χ4n) is 2.65. The van der Waals surface area contributed by atoms with Crippen LogP contribution in [0.3, 0.4) is 0 Å². The second kappa shape index (κ2) is 7.51. The molecule has 1 aliphatic rings. The maximum absolute atomic E-state index is 11.0. The van der Waals surface area contributed by atoms with Gasteiger partial charge < -0.3 is 20.1 Å². The van der Waals surface area contributed by atoms with E-state index in [0.717, 1.165) is 24.3 Å². The van der Waals surface area contributed by atoms with Gasteiger partial charge in [-0.25, -0.2) is 9.78 Å². The van der Waals surface area contributed by atoms with E-state index in [1.165, 1.54) is 6.07 Å². The summed E-state index contributed by atoms with van der Waals surface area (Å²) in [4.78, 5) is 17.3. The van der Waals surface area contributed by atoms with Crippen LogP contribution in [-0.4, -0.2) is 42.4 Å². The van der Waals surface area contributed by atoms with Gasteiger partial charge in [0.2, 0.25) is 0 Å². The minimum Gasteiger partial charge on any atom is -0.477 e. The smallest absolute Gasteiger partial charge is 0.354 e. The number of hydrogen-bond donors (Lipinski definition) is 2. The average Bonchev–Trinajstić information content (AvgIpc) is 2.61. The Morgan fingerprint density at radius 2 is 2.08 bits per heavy atom. The van der Waals surface area contributed by atoms with Crippen molar-refractivity contribution in [3.63, 3.8) is 0 Å². The summed E-state index contributed by atoms with van der Waals surface area (Å²) in [6.45, 7) is 3.58. The zero-order valence-corrected chi connectivity index (χ0v) is 13.8. The zero-order valence-electron chi connectivity index (χ0n) is 13.0. The van der Waals surface area contributed by atoms with Gasteiger partial charge in [0.15, 0.2) is 5.69 Å². The summed E-state index contributed by atoms with van der Waals surface area (Å²) in [7, 11) is 0. The van der Waals surface area contributed by atoms with Gasteiger partial charge in [0, 0.05) is 30.3 Å². The van der Waals surface area contributed by atoms with E-state index in [1.54, 1.807) is 12.1 Å². The number of pyridine rings is 1. The Balaban J connectivity index is 1.78. The van der Waals surface area contributed by atoms with Crippen LogP contribution in [0, 0.1) is 0 Å². The molecule has 0 radical (unpaired) electrons. The van der Waals surface area contributed by atoms with E-state index in [2.05, 4.69) is 15.2 Å². The first-order valence-corrected chi connectivity index (χ1v) is 8.06. The summed E-state index contributed by atoms with van der Waals surface area (Å²) in [5.74, 6) is -0.529. The molecule has 0 atom stereocenters. The number of carbonyl (C=O) groups is 1. The highest BCUT2D eigenvalue weighted by Crippen LogP contribution is 2.26. The highest BCUT2D eigenvalue weighted by atomic mass is 35.5. The van der Waals surface area contributed by atoms with Gasteiger partial charge in [-0.05, 0) is 35.9 Å². The topological polar surface area (TPSA) is 74.7 Å². The van der Waals surface area contributed by atoms with Crippen LogP contribution in [0.25, 0.3) is 0 Å². The lowest BCUT2D eigenvalue weighted by Gasteiger charge is -2.30. The van der Waals surface area contributed by atoms with Gasteiger partial charge in [0.25, 0.3) is 0 Å². The molecule has 0 unspecified atom stereocenters. The van der Waals surface area contributed by atoms with Gasteiger partial charge in [-0.1, -0.05) is 17.7 Å². The summed E-state index contributed by atoms with van der Waals surface area (Å²) in [6, 6.07) is 10.7. The molecule has 0 aliphatic carbocycles. The third-order valence-corrected chi connectivity index (χ3v) is 4.06. The van der Waals surface area contributed by atoms with Crippen LogP contribution in [0.1, 0.15) is 16.1 Å². The molecule has 0 saturated carbocycles. The molecule has 1 saturated heterocycles. The normalized spacial score (nSPS) is 14.5. The summed E-state index contributed by atoms with van der Waals surface area (Å²) >= 11 is 6.14. The van der Waals surface area contributed by atoms with Crippen molar-refractivity contribution in [2.45, 2.75) is 6.54 Å². The van der Waals surface area contributed by atoms with E-state index in [0.29, 0.717) is 30.6 Å².